The first-order chi connectivity index (χ1) is 10.0. The number of carbonyl (C=O) groups is 3. The van der Waals surface area contributed by atoms with Crippen LogP contribution in [0.25, 0.3) is 0 Å². The van der Waals surface area contributed by atoms with Crippen LogP contribution >= 0.6 is 0 Å². The van der Waals surface area contributed by atoms with E-state index in [0.717, 1.165) is 5.56 Å². The van der Waals surface area contributed by atoms with E-state index in [1.165, 1.54) is 14.0 Å². The van der Waals surface area contributed by atoms with Gasteiger partial charge in [-0.2, -0.15) is 0 Å². The lowest BCUT2D eigenvalue weighted by atomic mass is 10.2. The van der Waals surface area contributed by atoms with Crippen LogP contribution in [0.4, 0.5) is 4.79 Å². The minimum atomic E-state index is -0.821. The standard InChI is InChI=1S/C14H18N2O5/c1-10(13(18)15-8-12(17)20-2)16-14(19)21-9-11-6-4-3-5-7-11/h3-7,10H,8-9H2,1-2H3,(H,15,18)(H,16,19)/t10-/m0/s1. The summed E-state index contributed by atoms with van der Waals surface area (Å²) in [6.45, 7) is 1.35. The van der Waals surface area contributed by atoms with E-state index in [-0.39, 0.29) is 13.2 Å². The van der Waals surface area contributed by atoms with Crippen LogP contribution < -0.4 is 10.6 Å². The van der Waals surface area contributed by atoms with Gasteiger partial charge in [-0.1, -0.05) is 30.3 Å². The monoisotopic (exact) mass is 294 g/mol. The molecule has 0 unspecified atom stereocenters. The Labute approximate surface area is 122 Å². The third-order valence-corrected chi connectivity index (χ3v) is 2.58. The minimum absolute atomic E-state index is 0.114. The minimum Gasteiger partial charge on any atom is -0.468 e. The molecule has 0 aliphatic heterocycles. The summed E-state index contributed by atoms with van der Waals surface area (Å²) in [7, 11) is 1.22. The fraction of sp³-hybridized carbons (Fsp3) is 0.357. The number of hydrogen-bond acceptors (Lipinski definition) is 5. The van der Waals surface area contributed by atoms with Gasteiger partial charge in [-0.25, -0.2) is 4.79 Å². The molecule has 0 aromatic heterocycles. The number of methoxy groups -OCH3 is 1. The summed E-state index contributed by atoms with van der Waals surface area (Å²) in [5, 5.41) is 4.69. The number of benzene rings is 1. The molecule has 0 bridgehead atoms. The first-order valence-electron chi connectivity index (χ1n) is 6.34. The Bertz CT molecular complexity index is 489. The molecule has 0 heterocycles. The fourth-order valence-electron chi connectivity index (χ4n) is 1.39. The number of carbonyl (C=O) groups excluding carboxylic acids is 3. The van der Waals surface area contributed by atoms with E-state index in [0.29, 0.717) is 0 Å². The molecule has 1 aromatic carbocycles. The number of ether oxygens (including phenoxy) is 2. The normalized spacial score (nSPS) is 11.1. The molecule has 2 amide bonds. The molecule has 1 aromatic rings. The van der Waals surface area contributed by atoms with Gasteiger partial charge < -0.3 is 20.1 Å². The van der Waals surface area contributed by atoms with Crippen molar-refractivity contribution in [3.05, 3.63) is 35.9 Å². The van der Waals surface area contributed by atoms with Crippen molar-refractivity contribution in [2.75, 3.05) is 13.7 Å². The lowest BCUT2D eigenvalue weighted by Gasteiger charge is -2.13. The van der Waals surface area contributed by atoms with Gasteiger partial charge in [0.1, 0.15) is 19.2 Å². The zero-order chi connectivity index (χ0) is 15.7. The number of rotatable bonds is 6. The van der Waals surface area contributed by atoms with Crippen molar-refractivity contribution >= 4 is 18.0 Å². The van der Waals surface area contributed by atoms with Gasteiger partial charge in [-0.05, 0) is 12.5 Å². The van der Waals surface area contributed by atoms with Gasteiger partial charge in [0.2, 0.25) is 5.91 Å². The molecule has 0 saturated carbocycles. The number of amides is 2. The van der Waals surface area contributed by atoms with Gasteiger partial charge in [0, 0.05) is 0 Å². The van der Waals surface area contributed by atoms with E-state index in [1.54, 1.807) is 0 Å². The molecule has 0 spiro atoms. The Morgan fingerprint density at radius 1 is 1.19 bits per heavy atom. The molecule has 114 valence electrons. The highest BCUT2D eigenvalue weighted by atomic mass is 16.5. The smallest absolute Gasteiger partial charge is 0.408 e. The van der Waals surface area contributed by atoms with Crippen LogP contribution in [-0.4, -0.2) is 37.7 Å². The maximum atomic E-state index is 11.6. The lowest BCUT2D eigenvalue weighted by molar-refractivity contribution is -0.141. The molecule has 1 atom stereocenters. The molecule has 0 aliphatic rings. The first-order valence-corrected chi connectivity index (χ1v) is 6.34. The quantitative estimate of drug-likeness (QED) is 0.749. The summed E-state index contributed by atoms with van der Waals surface area (Å²) >= 11 is 0. The highest BCUT2D eigenvalue weighted by Crippen LogP contribution is 2.00. The molecule has 0 fully saturated rings. The average molecular weight is 294 g/mol. The van der Waals surface area contributed by atoms with Crippen molar-refractivity contribution in [1.29, 1.82) is 0 Å². The van der Waals surface area contributed by atoms with Gasteiger partial charge in [0.25, 0.3) is 0 Å². The number of nitrogens with one attached hydrogen (secondary N) is 2. The van der Waals surface area contributed by atoms with Crippen LogP contribution in [0.5, 0.6) is 0 Å². The number of hydrogen-bond donors (Lipinski definition) is 2. The topological polar surface area (TPSA) is 93.7 Å². The lowest BCUT2D eigenvalue weighted by Crippen LogP contribution is -2.46. The Kier molecular flexibility index (Phi) is 6.73. The highest BCUT2D eigenvalue weighted by Gasteiger charge is 2.17. The van der Waals surface area contributed by atoms with Gasteiger partial charge >= 0.3 is 12.1 Å². The Balaban J connectivity index is 2.29. The van der Waals surface area contributed by atoms with Crippen molar-refractivity contribution in [2.24, 2.45) is 0 Å². The second-order valence-corrected chi connectivity index (χ2v) is 4.22. The zero-order valence-corrected chi connectivity index (χ0v) is 11.9. The van der Waals surface area contributed by atoms with Crippen molar-refractivity contribution in [3.8, 4) is 0 Å². The first kappa shape index (κ1) is 16.5. The SMILES string of the molecule is COC(=O)CNC(=O)[C@H](C)NC(=O)OCc1ccccc1. The summed E-state index contributed by atoms with van der Waals surface area (Å²) in [6, 6.07) is 8.34. The van der Waals surface area contributed by atoms with Crippen molar-refractivity contribution in [2.45, 2.75) is 19.6 Å². The molecular weight excluding hydrogens is 276 g/mol. The molecule has 0 radical (unpaired) electrons. The van der Waals surface area contributed by atoms with Crippen molar-refractivity contribution < 1.29 is 23.9 Å². The average Bonchev–Trinajstić information content (AvgIpc) is 2.51. The van der Waals surface area contributed by atoms with Crippen LogP contribution in [0.2, 0.25) is 0 Å². The third kappa shape index (κ3) is 6.42. The Morgan fingerprint density at radius 3 is 2.48 bits per heavy atom. The van der Waals surface area contributed by atoms with Gasteiger partial charge in [0.05, 0.1) is 7.11 Å². The van der Waals surface area contributed by atoms with Crippen LogP contribution in [0, 0.1) is 0 Å². The third-order valence-electron chi connectivity index (χ3n) is 2.58. The predicted molar refractivity (Wildman–Crippen MR) is 74.3 cm³/mol. The van der Waals surface area contributed by atoms with E-state index in [4.69, 9.17) is 4.74 Å². The summed E-state index contributed by atoms with van der Waals surface area (Å²) in [6.07, 6.45) is -0.709. The summed E-state index contributed by atoms with van der Waals surface area (Å²) in [4.78, 5) is 34.0. The van der Waals surface area contributed by atoms with E-state index in [2.05, 4.69) is 15.4 Å². The molecule has 7 nitrogen and oxygen atoms in total. The predicted octanol–water partition coefficient (Wildman–Crippen LogP) is 0.591. The van der Waals surface area contributed by atoms with E-state index >= 15 is 0 Å². The largest absolute Gasteiger partial charge is 0.468 e. The molecule has 7 heteroatoms. The molecule has 0 aliphatic carbocycles. The van der Waals surface area contributed by atoms with Crippen LogP contribution in [0.3, 0.4) is 0 Å². The molecule has 0 saturated heterocycles. The maximum absolute atomic E-state index is 11.6. The van der Waals surface area contributed by atoms with Crippen LogP contribution in [0.15, 0.2) is 30.3 Å². The van der Waals surface area contributed by atoms with E-state index in [1.807, 2.05) is 30.3 Å². The van der Waals surface area contributed by atoms with Crippen molar-refractivity contribution in [1.82, 2.24) is 10.6 Å². The maximum Gasteiger partial charge on any atom is 0.408 e. The second-order valence-electron chi connectivity index (χ2n) is 4.22. The van der Waals surface area contributed by atoms with Gasteiger partial charge in [0.15, 0.2) is 0 Å². The van der Waals surface area contributed by atoms with E-state index in [9.17, 15) is 14.4 Å². The molecule has 21 heavy (non-hydrogen) atoms. The zero-order valence-electron chi connectivity index (χ0n) is 11.9. The summed E-state index contributed by atoms with van der Waals surface area (Å²) in [5.41, 5.74) is 0.843. The second kappa shape index (κ2) is 8.57. The fourth-order valence-corrected chi connectivity index (χ4v) is 1.39. The molecule has 2 N–H and O–H groups in total. The summed E-state index contributed by atoms with van der Waals surface area (Å²) < 4.78 is 9.36. The number of alkyl carbamates (subject to hydrolysis) is 1. The van der Waals surface area contributed by atoms with Crippen molar-refractivity contribution in [3.63, 3.8) is 0 Å². The summed E-state index contributed by atoms with van der Waals surface area (Å²) in [5.74, 6) is -1.07. The number of esters is 1. The molecular formula is C14H18N2O5. The van der Waals surface area contributed by atoms with Crippen LogP contribution in [-0.2, 0) is 25.7 Å². The molecule has 1 rings (SSSR count). The highest BCUT2D eigenvalue weighted by molar-refractivity contribution is 5.87. The van der Waals surface area contributed by atoms with Gasteiger partial charge in [-0.15, -0.1) is 0 Å². The Morgan fingerprint density at radius 2 is 1.86 bits per heavy atom. The van der Waals surface area contributed by atoms with Gasteiger partial charge in [-0.3, -0.25) is 9.59 Å². The van der Waals surface area contributed by atoms with Crippen LogP contribution in [0.1, 0.15) is 12.5 Å². The van der Waals surface area contributed by atoms with E-state index < -0.39 is 24.0 Å². The Hall–Kier alpha value is -2.57.